The first-order valence-electron chi connectivity index (χ1n) is 5.12. The summed E-state index contributed by atoms with van der Waals surface area (Å²) in [4.78, 5) is 0. The Morgan fingerprint density at radius 3 is 2.88 bits per heavy atom. The van der Waals surface area contributed by atoms with Crippen molar-refractivity contribution in [2.75, 3.05) is 17.3 Å². The summed E-state index contributed by atoms with van der Waals surface area (Å²) in [6.45, 7) is 2.16. The van der Waals surface area contributed by atoms with Gasteiger partial charge in [0.1, 0.15) is 0 Å². The molecule has 1 unspecified atom stereocenters. The fourth-order valence-corrected chi connectivity index (χ4v) is 2.47. The Morgan fingerprint density at radius 2 is 2.25 bits per heavy atom. The van der Waals surface area contributed by atoms with E-state index in [-0.39, 0.29) is 0 Å². The Morgan fingerprint density at radius 1 is 1.50 bits per heavy atom. The highest BCUT2D eigenvalue weighted by molar-refractivity contribution is 9.10. The molecule has 0 aromatic heterocycles. The topological polar surface area (TPSA) is 35.8 Å². The van der Waals surface area contributed by atoms with Crippen LogP contribution in [0.5, 0.6) is 0 Å². The number of nitrogens with zero attached hydrogens (tertiary/aromatic N) is 1. The number of halogens is 1. The number of rotatable bonds is 5. The van der Waals surface area contributed by atoms with Crippen molar-refractivity contribution in [1.29, 1.82) is 5.26 Å². The quantitative estimate of drug-likeness (QED) is 0.896. The molecule has 0 aliphatic carbocycles. The molecular weight excluding hydrogens is 284 g/mol. The van der Waals surface area contributed by atoms with E-state index < -0.39 is 0 Å². The summed E-state index contributed by atoms with van der Waals surface area (Å²) in [5, 5.41) is 12.3. The van der Waals surface area contributed by atoms with Crippen molar-refractivity contribution in [3.8, 4) is 6.07 Å². The van der Waals surface area contributed by atoms with Crippen LogP contribution in [0.4, 0.5) is 5.69 Å². The summed E-state index contributed by atoms with van der Waals surface area (Å²) >= 11 is 5.25. The van der Waals surface area contributed by atoms with Crippen molar-refractivity contribution in [3.63, 3.8) is 0 Å². The highest BCUT2D eigenvalue weighted by Crippen LogP contribution is 2.20. The van der Waals surface area contributed by atoms with Gasteiger partial charge in [-0.25, -0.2) is 0 Å². The van der Waals surface area contributed by atoms with Gasteiger partial charge < -0.3 is 5.32 Å². The molecule has 0 saturated heterocycles. The molecule has 1 rings (SSSR count). The van der Waals surface area contributed by atoms with Crippen LogP contribution in [0.25, 0.3) is 0 Å². The van der Waals surface area contributed by atoms with Crippen LogP contribution in [-0.2, 0) is 0 Å². The smallest absolute Gasteiger partial charge is 0.0992 e. The highest BCUT2D eigenvalue weighted by Gasteiger charge is 2.03. The number of hydrogen-bond donors (Lipinski definition) is 1. The van der Waals surface area contributed by atoms with Crippen molar-refractivity contribution < 1.29 is 0 Å². The van der Waals surface area contributed by atoms with Gasteiger partial charge in [0.15, 0.2) is 0 Å². The van der Waals surface area contributed by atoms with E-state index in [1.54, 1.807) is 0 Å². The highest BCUT2D eigenvalue weighted by atomic mass is 79.9. The van der Waals surface area contributed by atoms with Crippen molar-refractivity contribution >= 4 is 33.4 Å². The maximum absolute atomic E-state index is 8.86. The van der Waals surface area contributed by atoms with Gasteiger partial charge in [0.25, 0.3) is 0 Å². The van der Waals surface area contributed by atoms with E-state index in [0.717, 1.165) is 22.3 Å². The molecule has 1 aromatic carbocycles. The summed E-state index contributed by atoms with van der Waals surface area (Å²) in [5.74, 6) is 1.15. The second kappa shape index (κ2) is 6.82. The zero-order valence-corrected chi connectivity index (χ0v) is 11.9. The molecule has 2 nitrogen and oxygen atoms in total. The molecule has 0 saturated carbocycles. The summed E-state index contributed by atoms with van der Waals surface area (Å²) in [6, 6.07) is 8.26. The van der Waals surface area contributed by atoms with Crippen molar-refractivity contribution in [2.24, 2.45) is 0 Å². The van der Waals surface area contributed by atoms with Crippen LogP contribution in [0, 0.1) is 11.3 Å². The molecule has 0 amide bonds. The minimum Gasteiger partial charge on any atom is -0.382 e. The molecule has 1 N–H and O–H groups in total. The van der Waals surface area contributed by atoms with Crippen LogP contribution in [-0.4, -0.2) is 18.1 Å². The lowest BCUT2D eigenvalue weighted by atomic mass is 10.2. The van der Waals surface area contributed by atoms with Crippen LogP contribution < -0.4 is 5.32 Å². The maximum Gasteiger partial charge on any atom is 0.0992 e. The summed E-state index contributed by atoms with van der Waals surface area (Å²) < 4.78 is 0.936. The fraction of sp³-hybridized carbons (Fsp3) is 0.417. The molecule has 0 radical (unpaired) electrons. The Balaban J connectivity index is 2.66. The average Bonchev–Trinajstić information content (AvgIpc) is 2.25. The maximum atomic E-state index is 8.86. The van der Waals surface area contributed by atoms with Gasteiger partial charge in [-0.1, -0.05) is 15.9 Å². The molecule has 86 valence electrons. The van der Waals surface area contributed by atoms with Gasteiger partial charge in [0, 0.05) is 16.2 Å². The molecule has 0 heterocycles. The third-order valence-electron chi connectivity index (χ3n) is 2.19. The molecule has 1 aromatic rings. The largest absolute Gasteiger partial charge is 0.382 e. The van der Waals surface area contributed by atoms with E-state index in [4.69, 9.17) is 5.26 Å². The van der Waals surface area contributed by atoms with E-state index in [1.807, 2.05) is 30.0 Å². The third kappa shape index (κ3) is 4.46. The molecule has 1 atom stereocenters. The predicted octanol–water partition coefficient (Wildman–Crippen LogP) is 3.87. The zero-order valence-electron chi connectivity index (χ0n) is 9.46. The van der Waals surface area contributed by atoms with E-state index in [0.29, 0.717) is 11.6 Å². The number of nitriles is 1. The average molecular weight is 299 g/mol. The fourth-order valence-electron chi connectivity index (χ4n) is 1.39. The first kappa shape index (κ1) is 13.4. The van der Waals surface area contributed by atoms with Gasteiger partial charge in [-0.05, 0) is 43.6 Å². The van der Waals surface area contributed by atoms with E-state index in [1.165, 1.54) is 0 Å². The predicted molar refractivity (Wildman–Crippen MR) is 74.9 cm³/mol. The van der Waals surface area contributed by atoms with Gasteiger partial charge in [-0.2, -0.15) is 17.0 Å². The molecule has 16 heavy (non-hydrogen) atoms. The molecule has 4 heteroatoms. The molecular formula is C12H15BrN2S. The van der Waals surface area contributed by atoms with E-state index in [2.05, 4.69) is 40.5 Å². The Labute approximate surface area is 110 Å². The number of thioether (sulfide) groups is 1. The van der Waals surface area contributed by atoms with Crippen LogP contribution in [0.1, 0.15) is 18.9 Å². The molecule has 0 aliphatic rings. The first-order chi connectivity index (χ1) is 7.65. The molecule has 0 fully saturated rings. The molecule has 0 spiro atoms. The minimum atomic E-state index is 0.424. The first-order valence-corrected chi connectivity index (χ1v) is 7.30. The Kier molecular flexibility index (Phi) is 5.72. The summed E-state index contributed by atoms with van der Waals surface area (Å²) in [5.41, 5.74) is 1.67. The van der Waals surface area contributed by atoms with E-state index >= 15 is 0 Å². The van der Waals surface area contributed by atoms with Crippen molar-refractivity contribution in [1.82, 2.24) is 0 Å². The third-order valence-corrected chi connectivity index (χ3v) is 3.30. The van der Waals surface area contributed by atoms with Crippen molar-refractivity contribution in [3.05, 3.63) is 28.2 Å². The Bertz CT molecular complexity index is 387. The molecule has 0 bridgehead atoms. The monoisotopic (exact) mass is 298 g/mol. The van der Waals surface area contributed by atoms with Crippen molar-refractivity contribution in [2.45, 2.75) is 19.4 Å². The lowest BCUT2D eigenvalue weighted by Gasteiger charge is -2.15. The number of nitrogens with one attached hydrogen (secondary N) is 1. The van der Waals surface area contributed by atoms with E-state index in [9.17, 15) is 0 Å². The zero-order chi connectivity index (χ0) is 12.0. The van der Waals surface area contributed by atoms with Gasteiger partial charge >= 0.3 is 0 Å². The normalized spacial score (nSPS) is 11.9. The van der Waals surface area contributed by atoms with Crippen LogP contribution in [0.2, 0.25) is 0 Å². The number of hydrogen-bond acceptors (Lipinski definition) is 3. The van der Waals surface area contributed by atoms with Crippen LogP contribution >= 0.6 is 27.7 Å². The van der Waals surface area contributed by atoms with Gasteiger partial charge in [0.2, 0.25) is 0 Å². The van der Waals surface area contributed by atoms with Gasteiger partial charge in [0.05, 0.1) is 11.6 Å². The van der Waals surface area contributed by atoms with Gasteiger partial charge in [-0.3, -0.25) is 0 Å². The SMILES string of the molecule is CSCCC(C)Nc1cc(Br)cc(C#N)c1. The van der Waals surface area contributed by atoms with Crippen LogP contribution in [0.15, 0.2) is 22.7 Å². The van der Waals surface area contributed by atoms with Crippen LogP contribution in [0.3, 0.4) is 0 Å². The van der Waals surface area contributed by atoms with Gasteiger partial charge in [-0.15, -0.1) is 0 Å². The standard InChI is InChI=1S/C12H15BrN2S/c1-9(3-4-16-2)15-12-6-10(8-14)5-11(13)7-12/h5-7,9,15H,3-4H2,1-2H3. The second-order valence-corrected chi connectivity index (χ2v) is 5.57. The summed E-state index contributed by atoms with van der Waals surface area (Å²) in [6.07, 6.45) is 3.23. The Hall–Kier alpha value is -0.660. The number of anilines is 1. The molecule has 0 aliphatic heterocycles. The lowest BCUT2D eigenvalue weighted by molar-refractivity contribution is 0.772. The summed E-state index contributed by atoms with van der Waals surface area (Å²) in [7, 11) is 0. The lowest BCUT2D eigenvalue weighted by Crippen LogP contribution is -2.15. The number of benzene rings is 1. The second-order valence-electron chi connectivity index (χ2n) is 3.67. The minimum absolute atomic E-state index is 0.424.